The van der Waals surface area contributed by atoms with E-state index in [0.717, 1.165) is 0 Å². The van der Waals surface area contributed by atoms with Crippen LogP contribution in [0.4, 0.5) is 26.3 Å². The molecule has 0 aromatic heterocycles. The van der Waals surface area contributed by atoms with Crippen molar-refractivity contribution in [3.05, 3.63) is 0 Å². The first kappa shape index (κ1) is 15.1. The van der Waals surface area contributed by atoms with Gasteiger partial charge in [0.25, 0.3) is 0 Å². The Bertz CT molecular complexity index is 301. The number of halogens is 6. The summed E-state index contributed by atoms with van der Waals surface area (Å²) in [6, 6.07) is 0. The fourth-order valence-corrected chi connectivity index (χ4v) is 2.17. The fourth-order valence-electron chi connectivity index (χ4n) is 2.17. The summed E-state index contributed by atoms with van der Waals surface area (Å²) < 4.78 is 80.1. The van der Waals surface area contributed by atoms with Gasteiger partial charge in [0.1, 0.15) is 0 Å². The monoisotopic (exact) mass is 280 g/mol. The minimum atomic E-state index is -5.66. The van der Waals surface area contributed by atoms with E-state index in [1.54, 1.807) is 0 Å². The van der Waals surface area contributed by atoms with E-state index in [4.69, 9.17) is 5.11 Å². The Morgan fingerprint density at radius 1 is 1.06 bits per heavy atom. The lowest BCUT2D eigenvalue weighted by atomic mass is 9.69. The van der Waals surface area contributed by atoms with E-state index in [2.05, 4.69) is 4.74 Å². The lowest BCUT2D eigenvalue weighted by molar-refractivity contribution is -0.320. The zero-order valence-corrected chi connectivity index (χ0v) is 8.94. The van der Waals surface area contributed by atoms with E-state index in [0.29, 0.717) is 0 Å². The molecule has 1 rings (SSSR count). The van der Waals surface area contributed by atoms with Crippen molar-refractivity contribution >= 4 is 5.97 Å². The van der Waals surface area contributed by atoms with Gasteiger partial charge < -0.3 is 9.84 Å². The quantitative estimate of drug-likeness (QED) is 0.791. The van der Waals surface area contributed by atoms with E-state index < -0.39 is 55.7 Å². The molecule has 0 aromatic rings. The third-order valence-electron chi connectivity index (χ3n) is 3.02. The first-order valence-electron chi connectivity index (χ1n) is 4.96. The molecule has 1 aliphatic heterocycles. The Kier molecular flexibility index (Phi) is 3.85. The van der Waals surface area contributed by atoms with Crippen molar-refractivity contribution in [3.63, 3.8) is 0 Å². The van der Waals surface area contributed by atoms with Gasteiger partial charge in [0.05, 0.1) is 5.41 Å². The molecule has 1 fully saturated rings. The minimum absolute atomic E-state index is 0.436. The largest absolute Gasteiger partial charge is 0.481 e. The van der Waals surface area contributed by atoms with Crippen molar-refractivity contribution in [1.29, 1.82) is 0 Å². The summed E-state index contributed by atoms with van der Waals surface area (Å²) in [4.78, 5) is 11.0. The highest BCUT2D eigenvalue weighted by molar-refractivity contribution is 5.75. The highest BCUT2D eigenvalue weighted by Gasteiger charge is 2.69. The molecule has 0 saturated carbocycles. The maximum atomic E-state index is 12.6. The molecule has 1 N–H and O–H groups in total. The molecular formula is C9H10F6O3. The highest BCUT2D eigenvalue weighted by atomic mass is 19.4. The second-order valence-electron chi connectivity index (χ2n) is 4.09. The van der Waals surface area contributed by atoms with E-state index in [1.165, 1.54) is 0 Å². The molecule has 0 aromatic carbocycles. The van der Waals surface area contributed by atoms with Gasteiger partial charge in [-0.1, -0.05) is 0 Å². The van der Waals surface area contributed by atoms with Gasteiger partial charge in [-0.2, -0.15) is 26.3 Å². The van der Waals surface area contributed by atoms with Crippen LogP contribution in [0.3, 0.4) is 0 Å². The van der Waals surface area contributed by atoms with Crippen LogP contribution < -0.4 is 0 Å². The summed E-state index contributed by atoms with van der Waals surface area (Å²) in [5.41, 5.74) is -2.89. The standard InChI is InChI=1S/C9H10F6O3/c10-8(11,12)5(9(13,14)15)7(6(16)17)1-3-18-4-2-7/h5H,1-4H2,(H,16,17). The smallest absolute Gasteiger partial charge is 0.401 e. The van der Waals surface area contributed by atoms with Gasteiger partial charge >= 0.3 is 18.3 Å². The van der Waals surface area contributed by atoms with Crippen molar-refractivity contribution in [1.82, 2.24) is 0 Å². The molecule has 9 heteroatoms. The van der Waals surface area contributed by atoms with E-state index in [9.17, 15) is 31.1 Å². The van der Waals surface area contributed by atoms with Gasteiger partial charge in [0.2, 0.25) is 0 Å². The average Bonchev–Trinajstić information content (AvgIpc) is 2.13. The predicted molar refractivity (Wildman–Crippen MR) is 45.7 cm³/mol. The molecule has 0 bridgehead atoms. The second-order valence-corrected chi connectivity index (χ2v) is 4.09. The Morgan fingerprint density at radius 3 is 1.72 bits per heavy atom. The SMILES string of the molecule is O=C(O)C1(C(C(F)(F)F)C(F)(F)F)CCOCC1. The van der Waals surface area contributed by atoms with Gasteiger partial charge in [0, 0.05) is 13.2 Å². The van der Waals surface area contributed by atoms with Gasteiger partial charge in [-0.15, -0.1) is 0 Å². The summed E-state index contributed by atoms with van der Waals surface area (Å²) in [6.45, 7) is -0.871. The van der Waals surface area contributed by atoms with Crippen LogP contribution in [0.1, 0.15) is 12.8 Å². The normalized spacial score (nSPS) is 21.1. The maximum Gasteiger partial charge on any atom is 0.401 e. The molecule has 3 nitrogen and oxygen atoms in total. The molecule has 1 saturated heterocycles. The topological polar surface area (TPSA) is 46.5 Å². The molecule has 0 unspecified atom stereocenters. The zero-order chi connectivity index (χ0) is 14.2. The highest BCUT2D eigenvalue weighted by Crippen LogP contribution is 2.53. The Hall–Kier alpha value is -0.990. The molecule has 0 atom stereocenters. The van der Waals surface area contributed by atoms with Crippen molar-refractivity contribution in [2.75, 3.05) is 13.2 Å². The van der Waals surface area contributed by atoms with Gasteiger partial charge in [0.15, 0.2) is 5.92 Å². The molecular weight excluding hydrogens is 270 g/mol. The van der Waals surface area contributed by atoms with Crippen molar-refractivity contribution < 1.29 is 41.0 Å². The van der Waals surface area contributed by atoms with Crippen LogP contribution in [0.15, 0.2) is 0 Å². The zero-order valence-electron chi connectivity index (χ0n) is 8.94. The lowest BCUT2D eigenvalue weighted by Crippen LogP contribution is -2.55. The second kappa shape index (κ2) is 4.60. The van der Waals surface area contributed by atoms with Crippen LogP contribution in [-0.2, 0) is 9.53 Å². The van der Waals surface area contributed by atoms with E-state index in [1.807, 2.05) is 0 Å². The average molecular weight is 280 g/mol. The third-order valence-corrected chi connectivity index (χ3v) is 3.02. The van der Waals surface area contributed by atoms with E-state index in [-0.39, 0.29) is 0 Å². The molecule has 106 valence electrons. The fraction of sp³-hybridized carbons (Fsp3) is 0.889. The van der Waals surface area contributed by atoms with Gasteiger partial charge in [-0.05, 0) is 12.8 Å². The molecule has 1 heterocycles. The first-order valence-corrected chi connectivity index (χ1v) is 4.96. The van der Waals surface area contributed by atoms with Gasteiger partial charge in [-0.25, -0.2) is 0 Å². The summed E-state index contributed by atoms with van der Waals surface area (Å²) in [5.74, 6) is -5.97. The van der Waals surface area contributed by atoms with Crippen LogP contribution in [0.25, 0.3) is 0 Å². The van der Waals surface area contributed by atoms with Crippen LogP contribution in [-0.4, -0.2) is 36.6 Å². The summed E-state index contributed by atoms with van der Waals surface area (Å²) in [5, 5.41) is 8.83. The summed E-state index contributed by atoms with van der Waals surface area (Å²) in [7, 11) is 0. The van der Waals surface area contributed by atoms with Crippen molar-refractivity contribution in [2.45, 2.75) is 25.2 Å². The molecule has 1 aliphatic rings. The van der Waals surface area contributed by atoms with E-state index >= 15 is 0 Å². The first-order chi connectivity index (χ1) is 8.02. The summed E-state index contributed by atoms with van der Waals surface area (Å²) >= 11 is 0. The van der Waals surface area contributed by atoms with Crippen molar-refractivity contribution in [3.8, 4) is 0 Å². The molecule has 0 radical (unpaired) electrons. The molecule has 0 aliphatic carbocycles. The number of aliphatic carboxylic acids is 1. The predicted octanol–water partition coefficient (Wildman–Crippen LogP) is 2.61. The molecule has 18 heavy (non-hydrogen) atoms. The number of carboxylic acids is 1. The van der Waals surface area contributed by atoms with Crippen LogP contribution >= 0.6 is 0 Å². The Balaban J connectivity index is 3.26. The number of hydrogen-bond donors (Lipinski definition) is 1. The number of rotatable bonds is 2. The van der Waals surface area contributed by atoms with Crippen LogP contribution in [0.2, 0.25) is 0 Å². The van der Waals surface area contributed by atoms with Crippen LogP contribution in [0.5, 0.6) is 0 Å². The molecule has 0 spiro atoms. The number of carbonyl (C=O) groups is 1. The molecule has 0 amide bonds. The lowest BCUT2D eigenvalue weighted by Gasteiger charge is -2.41. The van der Waals surface area contributed by atoms with Crippen LogP contribution in [0, 0.1) is 11.3 Å². The van der Waals surface area contributed by atoms with Gasteiger partial charge in [-0.3, -0.25) is 4.79 Å². The summed E-state index contributed by atoms with van der Waals surface area (Å²) in [6.07, 6.45) is -12.9. The Labute approximate surface area is 97.7 Å². The Morgan fingerprint density at radius 2 is 1.44 bits per heavy atom. The number of ether oxygens (including phenoxy) is 1. The number of hydrogen-bond acceptors (Lipinski definition) is 2. The third kappa shape index (κ3) is 2.70. The minimum Gasteiger partial charge on any atom is -0.481 e. The number of alkyl halides is 6. The number of carboxylic acid groups (broad SMARTS) is 1. The van der Waals surface area contributed by atoms with Crippen molar-refractivity contribution in [2.24, 2.45) is 11.3 Å². The maximum absolute atomic E-state index is 12.6.